The van der Waals surface area contributed by atoms with E-state index >= 15 is 0 Å². The van der Waals surface area contributed by atoms with E-state index in [4.69, 9.17) is 9.47 Å². The van der Waals surface area contributed by atoms with Crippen LogP contribution in [-0.4, -0.2) is 62.9 Å². The first-order valence-electron chi connectivity index (χ1n) is 7.87. The zero-order valence-electron chi connectivity index (χ0n) is 13.2. The number of hydrogen-bond acceptors (Lipinski definition) is 5. The highest BCUT2D eigenvalue weighted by Gasteiger charge is 2.20. The van der Waals surface area contributed by atoms with Crippen LogP contribution in [0.3, 0.4) is 0 Å². The smallest absolute Gasteiger partial charge is 0.323 e. The molecule has 2 atom stereocenters. The van der Waals surface area contributed by atoms with Crippen LogP contribution < -0.4 is 5.32 Å². The Morgan fingerprint density at radius 2 is 2.25 bits per heavy atom. The van der Waals surface area contributed by atoms with Crippen molar-refractivity contribution in [3.63, 3.8) is 0 Å². The molecule has 0 aromatic heterocycles. The van der Waals surface area contributed by atoms with Gasteiger partial charge in [-0.3, -0.25) is 4.79 Å². The fraction of sp³-hybridized carbons (Fsp3) is 0.933. The van der Waals surface area contributed by atoms with Gasteiger partial charge < -0.3 is 19.7 Å². The summed E-state index contributed by atoms with van der Waals surface area (Å²) in [5.74, 6) is -0.142. The molecule has 1 fully saturated rings. The first kappa shape index (κ1) is 17.4. The van der Waals surface area contributed by atoms with Crippen molar-refractivity contribution in [2.45, 2.75) is 51.7 Å². The largest absolute Gasteiger partial charge is 0.465 e. The molecule has 5 heteroatoms. The van der Waals surface area contributed by atoms with Gasteiger partial charge in [0.15, 0.2) is 0 Å². The first-order chi connectivity index (χ1) is 9.67. The van der Waals surface area contributed by atoms with Gasteiger partial charge >= 0.3 is 5.97 Å². The van der Waals surface area contributed by atoms with Crippen LogP contribution in [0.25, 0.3) is 0 Å². The van der Waals surface area contributed by atoms with Crippen LogP contribution in [0.5, 0.6) is 0 Å². The topological polar surface area (TPSA) is 50.8 Å². The molecule has 1 aliphatic heterocycles. The normalized spacial score (nSPS) is 20.9. The second-order valence-electron chi connectivity index (χ2n) is 5.40. The molecule has 1 rings (SSSR count). The maximum atomic E-state index is 11.8. The second kappa shape index (κ2) is 10.1. The van der Waals surface area contributed by atoms with Crippen molar-refractivity contribution in [2.24, 2.45) is 0 Å². The highest BCUT2D eigenvalue weighted by atomic mass is 16.5. The fourth-order valence-corrected chi connectivity index (χ4v) is 2.53. The summed E-state index contributed by atoms with van der Waals surface area (Å²) in [4.78, 5) is 14.1. The van der Waals surface area contributed by atoms with E-state index in [1.165, 1.54) is 12.8 Å². The third kappa shape index (κ3) is 6.68. The Labute approximate surface area is 123 Å². The van der Waals surface area contributed by atoms with Crippen LogP contribution in [0, 0.1) is 0 Å². The average Bonchev–Trinajstić information content (AvgIpc) is 2.44. The summed E-state index contributed by atoms with van der Waals surface area (Å²) < 4.78 is 10.8. The van der Waals surface area contributed by atoms with E-state index in [9.17, 15) is 4.79 Å². The van der Waals surface area contributed by atoms with E-state index in [-0.39, 0.29) is 12.0 Å². The van der Waals surface area contributed by atoms with Gasteiger partial charge in [0.1, 0.15) is 6.04 Å². The molecule has 0 aliphatic carbocycles. The van der Waals surface area contributed by atoms with Crippen LogP contribution in [0.1, 0.15) is 39.5 Å². The van der Waals surface area contributed by atoms with Gasteiger partial charge in [0.25, 0.3) is 0 Å². The maximum Gasteiger partial charge on any atom is 0.323 e. The van der Waals surface area contributed by atoms with Gasteiger partial charge in [-0.05, 0) is 52.7 Å². The third-order valence-electron chi connectivity index (χ3n) is 3.61. The Bertz CT molecular complexity index is 268. The zero-order chi connectivity index (χ0) is 14.8. The van der Waals surface area contributed by atoms with Crippen LogP contribution in [0.2, 0.25) is 0 Å². The highest BCUT2D eigenvalue weighted by Crippen LogP contribution is 2.13. The molecule has 0 saturated carbocycles. The molecule has 2 unspecified atom stereocenters. The summed E-state index contributed by atoms with van der Waals surface area (Å²) in [7, 11) is 2.09. The summed E-state index contributed by atoms with van der Waals surface area (Å²) in [5, 5.41) is 3.19. The molecule has 0 bridgehead atoms. The number of nitrogens with zero attached hydrogens (tertiary/aromatic N) is 1. The Morgan fingerprint density at radius 1 is 1.45 bits per heavy atom. The molecule has 20 heavy (non-hydrogen) atoms. The summed E-state index contributed by atoms with van der Waals surface area (Å²) in [5.41, 5.74) is 0. The van der Waals surface area contributed by atoms with Crippen molar-refractivity contribution in [3.8, 4) is 0 Å². The predicted molar refractivity (Wildman–Crippen MR) is 79.8 cm³/mol. The van der Waals surface area contributed by atoms with Gasteiger partial charge in [-0.2, -0.15) is 0 Å². The van der Waals surface area contributed by atoms with Gasteiger partial charge in [-0.15, -0.1) is 0 Å². The molecule has 1 saturated heterocycles. The molecule has 1 aliphatic rings. The van der Waals surface area contributed by atoms with Crippen LogP contribution >= 0.6 is 0 Å². The lowest BCUT2D eigenvalue weighted by Crippen LogP contribution is -2.41. The molecule has 5 nitrogen and oxygen atoms in total. The van der Waals surface area contributed by atoms with Crippen molar-refractivity contribution in [1.29, 1.82) is 0 Å². The van der Waals surface area contributed by atoms with Crippen molar-refractivity contribution in [3.05, 3.63) is 0 Å². The lowest BCUT2D eigenvalue weighted by Gasteiger charge is -2.28. The minimum atomic E-state index is -0.199. The van der Waals surface area contributed by atoms with Gasteiger partial charge in [-0.25, -0.2) is 0 Å². The SMILES string of the molecule is CCNC(CCN(C)CC1CCCCO1)C(=O)OCC. The van der Waals surface area contributed by atoms with Gasteiger partial charge in [-0.1, -0.05) is 6.92 Å². The third-order valence-corrected chi connectivity index (χ3v) is 3.61. The van der Waals surface area contributed by atoms with E-state index in [2.05, 4.69) is 17.3 Å². The van der Waals surface area contributed by atoms with E-state index in [1.54, 1.807) is 0 Å². The fourth-order valence-electron chi connectivity index (χ4n) is 2.53. The maximum absolute atomic E-state index is 11.8. The van der Waals surface area contributed by atoms with Crippen LogP contribution in [-0.2, 0) is 14.3 Å². The average molecular weight is 286 g/mol. The standard InChI is InChI=1S/C15H30N2O3/c1-4-16-14(15(18)19-5-2)9-10-17(3)12-13-8-6-7-11-20-13/h13-14,16H,4-12H2,1-3H3. The summed E-state index contributed by atoms with van der Waals surface area (Å²) in [6.45, 7) is 7.77. The van der Waals surface area contributed by atoms with E-state index in [1.807, 2.05) is 13.8 Å². The first-order valence-corrected chi connectivity index (χ1v) is 7.87. The quantitative estimate of drug-likeness (QED) is 0.650. The van der Waals surface area contributed by atoms with Gasteiger partial charge in [0, 0.05) is 13.2 Å². The van der Waals surface area contributed by atoms with Crippen molar-refractivity contribution < 1.29 is 14.3 Å². The molecular weight excluding hydrogens is 256 g/mol. The Morgan fingerprint density at radius 3 is 2.85 bits per heavy atom. The predicted octanol–water partition coefficient (Wildman–Crippen LogP) is 1.42. The Kier molecular flexibility index (Phi) is 8.82. The lowest BCUT2D eigenvalue weighted by atomic mass is 10.1. The number of carbonyl (C=O) groups excluding carboxylic acids is 1. The molecule has 0 aromatic carbocycles. The van der Waals surface area contributed by atoms with E-state index < -0.39 is 0 Å². The number of esters is 1. The number of ether oxygens (including phenoxy) is 2. The van der Waals surface area contributed by atoms with Gasteiger partial charge in [0.2, 0.25) is 0 Å². The molecule has 118 valence electrons. The molecule has 0 amide bonds. The van der Waals surface area contributed by atoms with Gasteiger partial charge in [0.05, 0.1) is 12.7 Å². The van der Waals surface area contributed by atoms with Crippen LogP contribution in [0.15, 0.2) is 0 Å². The number of carbonyl (C=O) groups is 1. The van der Waals surface area contributed by atoms with Crippen LogP contribution in [0.4, 0.5) is 0 Å². The summed E-state index contributed by atoms with van der Waals surface area (Å²) >= 11 is 0. The lowest BCUT2D eigenvalue weighted by molar-refractivity contribution is -0.145. The highest BCUT2D eigenvalue weighted by molar-refractivity contribution is 5.75. The minimum absolute atomic E-state index is 0.142. The Balaban J connectivity index is 2.27. The molecule has 0 spiro atoms. The number of nitrogens with one attached hydrogen (secondary N) is 1. The van der Waals surface area contributed by atoms with E-state index in [0.717, 1.165) is 39.1 Å². The summed E-state index contributed by atoms with van der Waals surface area (Å²) in [6, 6.07) is -0.199. The number of hydrogen-bond donors (Lipinski definition) is 1. The molecular formula is C15H30N2O3. The molecule has 0 radical (unpaired) electrons. The minimum Gasteiger partial charge on any atom is -0.465 e. The second-order valence-corrected chi connectivity index (χ2v) is 5.40. The monoisotopic (exact) mass is 286 g/mol. The molecule has 1 N–H and O–H groups in total. The number of likely N-dealkylation sites (N-methyl/N-ethyl adjacent to an activating group) is 2. The zero-order valence-corrected chi connectivity index (χ0v) is 13.2. The Hall–Kier alpha value is -0.650. The number of rotatable bonds is 9. The molecule has 1 heterocycles. The van der Waals surface area contributed by atoms with Crippen molar-refractivity contribution in [2.75, 3.05) is 39.9 Å². The summed E-state index contributed by atoms with van der Waals surface area (Å²) in [6.07, 6.45) is 4.73. The van der Waals surface area contributed by atoms with Crippen molar-refractivity contribution in [1.82, 2.24) is 10.2 Å². The van der Waals surface area contributed by atoms with E-state index in [0.29, 0.717) is 12.7 Å². The molecule has 0 aromatic rings. The van der Waals surface area contributed by atoms with Crippen molar-refractivity contribution >= 4 is 5.97 Å².